The third-order valence-electron chi connectivity index (χ3n) is 5.11. The smallest absolute Gasteiger partial charge is 0.320 e. The van der Waals surface area contributed by atoms with Crippen molar-refractivity contribution in [2.45, 2.75) is 29.6 Å². The van der Waals surface area contributed by atoms with Gasteiger partial charge in [-0.25, -0.2) is 9.08 Å². The number of benzene rings is 2. The van der Waals surface area contributed by atoms with Gasteiger partial charge in [0, 0.05) is 19.5 Å². The Balaban J connectivity index is 1.38. The van der Waals surface area contributed by atoms with Gasteiger partial charge in [-0.15, -0.1) is 0 Å². The fourth-order valence-corrected chi connectivity index (χ4v) is 4.67. The molecule has 1 spiro atoms. The lowest BCUT2D eigenvalue weighted by atomic mass is 10.0. The van der Waals surface area contributed by atoms with Crippen LogP contribution in [-0.2, 0) is 25.5 Å². The van der Waals surface area contributed by atoms with Crippen LogP contribution in [0.4, 0.5) is 0 Å². The van der Waals surface area contributed by atoms with Gasteiger partial charge in [0.15, 0.2) is 11.5 Å². The van der Waals surface area contributed by atoms with Gasteiger partial charge < -0.3 is 14.2 Å². The van der Waals surface area contributed by atoms with Crippen LogP contribution >= 0.6 is 12.0 Å². The molecule has 8 nitrogen and oxygen atoms in total. The van der Waals surface area contributed by atoms with E-state index in [4.69, 9.17) is 18.4 Å². The lowest BCUT2D eigenvalue weighted by molar-refractivity contribution is -0.0973. The van der Waals surface area contributed by atoms with E-state index in [0.29, 0.717) is 37.6 Å². The Hall–Kier alpha value is -1.82. The third-order valence-corrected chi connectivity index (χ3v) is 6.76. The average molecular weight is 454 g/mol. The predicted molar refractivity (Wildman–Crippen MR) is 111 cm³/mol. The van der Waals surface area contributed by atoms with Crippen LogP contribution in [0.1, 0.15) is 11.1 Å². The second-order valence-corrected chi connectivity index (χ2v) is 9.41. The predicted octanol–water partition coefficient (Wildman–Crippen LogP) is 2.86. The topological polar surface area (TPSA) is 97.8 Å². The molecule has 0 radical (unpaired) electrons. The fourth-order valence-electron chi connectivity index (χ4n) is 3.47. The summed E-state index contributed by atoms with van der Waals surface area (Å²) in [4.78, 5) is 1.94. The molecular weight excluding hydrogens is 430 g/mol. The summed E-state index contributed by atoms with van der Waals surface area (Å²) in [7, 11) is -2.65. The first kappa shape index (κ1) is 21.4. The molecule has 0 bridgehead atoms. The van der Waals surface area contributed by atoms with Crippen LogP contribution in [0.3, 0.4) is 0 Å². The van der Waals surface area contributed by atoms with E-state index in [9.17, 15) is 13.0 Å². The van der Waals surface area contributed by atoms with Crippen LogP contribution in [0.5, 0.6) is 11.5 Å². The Morgan fingerprint density at radius 1 is 1.27 bits per heavy atom. The highest BCUT2D eigenvalue weighted by Crippen LogP contribution is 2.54. The second kappa shape index (κ2) is 8.37. The molecule has 1 unspecified atom stereocenters. The summed E-state index contributed by atoms with van der Waals surface area (Å²) in [6.45, 7) is 3.53. The Morgan fingerprint density at radius 3 is 2.67 bits per heavy atom. The molecular formula is C20H23NO7S2. The van der Waals surface area contributed by atoms with Gasteiger partial charge in [0.25, 0.3) is 10.1 Å². The maximum atomic E-state index is 11.4. The maximum Gasteiger partial charge on any atom is 0.320 e. The molecule has 0 amide bonds. The monoisotopic (exact) mass is 453 g/mol. The molecule has 1 N–H and O–H groups in total. The highest BCUT2D eigenvalue weighted by Gasteiger charge is 2.61. The standard InChI is InChI=1S/C20H23NO7S2/c1-14-7-8-17(30(22,23)24)12-15(14)11-16-13-21(20(27-16)28-29-20)9-10-26-19-6-4-3-5-18(19)25-2/h3-8,12,16H,9-11,13H2,1-2H3,(H,22,23,24)/t16?,20-/m1/s1. The zero-order valence-corrected chi connectivity index (χ0v) is 18.2. The van der Waals surface area contributed by atoms with Crippen molar-refractivity contribution in [2.75, 3.05) is 26.8 Å². The van der Waals surface area contributed by atoms with Gasteiger partial charge in [-0.1, -0.05) is 18.2 Å². The zero-order valence-electron chi connectivity index (χ0n) is 16.6. The Labute approximate surface area is 180 Å². The number of aryl methyl sites for hydroxylation is 1. The van der Waals surface area contributed by atoms with Crippen molar-refractivity contribution in [3.8, 4) is 11.5 Å². The highest BCUT2D eigenvalue weighted by atomic mass is 32.2. The molecule has 10 heteroatoms. The van der Waals surface area contributed by atoms with Gasteiger partial charge in [-0.05, 0) is 42.3 Å². The van der Waals surface area contributed by atoms with E-state index in [0.717, 1.165) is 11.1 Å². The number of nitrogens with zero attached hydrogens (tertiary/aromatic N) is 1. The summed E-state index contributed by atoms with van der Waals surface area (Å²) in [6.07, 6.45) is 0.326. The quantitative estimate of drug-likeness (QED) is 0.367. The van der Waals surface area contributed by atoms with Gasteiger partial charge in [0.05, 0.1) is 30.2 Å². The van der Waals surface area contributed by atoms with Crippen LogP contribution < -0.4 is 9.47 Å². The molecule has 2 saturated heterocycles. The Morgan fingerprint density at radius 2 is 2.00 bits per heavy atom. The molecule has 2 atom stereocenters. The van der Waals surface area contributed by atoms with E-state index in [2.05, 4.69) is 4.90 Å². The number of hydrogen-bond acceptors (Lipinski definition) is 8. The summed E-state index contributed by atoms with van der Waals surface area (Å²) >= 11 is 1.25. The van der Waals surface area contributed by atoms with Crippen LogP contribution in [0.2, 0.25) is 0 Å². The van der Waals surface area contributed by atoms with Crippen molar-refractivity contribution >= 4 is 22.2 Å². The van der Waals surface area contributed by atoms with E-state index >= 15 is 0 Å². The summed E-state index contributed by atoms with van der Waals surface area (Å²) in [5.74, 6) is 1.35. The van der Waals surface area contributed by atoms with Gasteiger partial charge in [0.1, 0.15) is 6.61 Å². The minimum absolute atomic E-state index is 0.116. The Kier molecular flexibility index (Phi) is 5.97. The fraction of sp³-hybridized carbons (Fsp3) is 0.400. The minimum Gasteiger partial charge on any atom is -0.493 e. The van der Waals surface area contributed by atoms with Crippen molar-refractivity contribution < 1.29 is 31.4 Å². The van der Waals surface area contributed by atoms with Crippen molar-refractivity contribution in [1.82, 2.24) is 4.90 Å². The lowest BCUT2D eigenvalue weighted by Crippen LogP contribution is -2.35. The normalized spacial score (nSPS) is 23.6. The van der Waals surface area contributed by atoms with Crippen LogP contribution in [-0.4, -0.2) is 56.0 Å². The number of para-hydroxylation sites is 2. The van der Waals surface area contributed by atoms with Crippen molar-refractivity contribution in [1.29, 1.82) is 0 Å². The van der Waals surface area contributed by atoms with Crippen LogP contribution in [0.25, 0.3) is 0 Å². The van der Waals surface area contributed by atoms with Gasteiger partial charge in [0.2, 0.25) is 0 Å². The van der Waals surface area contributed by atoms with Crippen LogP contribution in [0.15, 0.2) is 47.4 Å². The summed E-state index contributed by atoms with van der Waals surface area (Å²) < 4.78 is 54.9. The van der Waals surface area contributed by atoms with E-state index in [1.807, 2.05) is 31.2 Å². The molecule has 162 valence electrons. The summed E-state index contributed by atoms with van der Waals surface area (Å²) in [5, 5.41) is -0.802. The average Bonchev–Trinajstić information content (AvgIpc) is 3.40. The van der Waals surface area contributed by atoms with E-state index in [1.54, 1.807) is 13.2 Å². The highest BCUT2D eigenvalue weighted by molar-refractivity contribution is 8.01. The molecule has 4 rings (SSSR count). The molecule has 2 aromatic rings. The SMILES string of the molecule is COc1ccccc1OCCN1CC(Cc2cc(S(=O)(=O)O)ccc2C)O[C@@]12OS2. The van der Waals surface area contributed by atoms with Gasteiger partial charge in [-0.2, -0.15) is 8.42 Å². The van der Waals surface area contributed by atoms with E-state index < -0.39 is 15.4 Å². The second-order valence-electron chi connectivity index (χ2n) is 7.14. The van der Waals surface area contributed by atoms with E-state index in [1.165, 1.54) is 24.2 Å². The molecule has 2 aromatic carbocycles. The third kappa shape index (κ3) is 4.58. The summed E-state index contributed by atoms with van der Waals surface area (Å²) in [5.41, 5.74) is 1.74. The Bertz CT molecular complexity index is 1020. The van der Waals surface area contributed by atoms with Crippen LogP contribution in [0, 0.1) is 6.92 Å². The number of hydrogen-bond donors (Lipinski definition) is 1. The molecule has 2 aliphatic heterocycles. The van der Waals surface area contributed by atoms with E-state index in [-0.39, 0.29) is 11.0 Å². The van der Waals surface area contributed by atoms with Gasteiger partial charge >= 0.3 is 5.24 Å². The minimum atomic E-state index is -4.25. The first-order chi connectivity index (χ1) is 14.3. The molecule has 0 aromatic heterocycles. The van der Waals surface area contributed by atoms with Crippen molar-refractivity contribution in [3.05, 3.63) is 53.6 Å². The number of ether oxygens (including phenoxy) is 3. The zero-order chi connectivity index (χ0) is 21.4. The first-order valence-corrected chi connectivity index (χ1v) is 11.6. The molecule has 0 saturated carbocycles. The molecule has 30 heavy (non-hydrogen) atoms. The molecule has 2 aliphatic rings. The number of methoxy groups -OCH3 is 1. The molecule has 2 heterocycles. The number of rotatable bonds is 8. The maximum absolute atomic E-state index is 11.4. The van der Waals surface area contributed by atoms with Crippen molar-refractivity contribution in [2.24, 2.45) is 0 Å². The molecule has 2 fully saturated rings. The largest absolute Gasteiger partial charge is 0.493 e. The lowest BCUT2D eigenvalue weighted by Gasteiger charge is -2.18. The molecule has 0 aliphatic carbocycles. The van der Waals surface area contributed by atoms with Crippen molar-refractivity contribution in [3.63, 3.8) is 0 Å². The first-order valence-electron chi connectivity index (χ1n) is 9.43. The van der Waals surface area contributed by atoms with Gasteiger partial charge in [-0.3, -0.25) is 4.55 Å². The summed E-state index contributed by atoms with van der Waals surface area (Å²) in [6, 6.07) is 12.0.